The van der Waals surface area contributed by atoms with Crippen LogP contribution in [0.2, 0.25) is 0 Å². The number of phosphoric acid groups is 1. The quantitative estimate of drug-likeness (QED) is 0.0213. The number of hydrogen-bond acceptors (Lipinski definition) is 7. The van der Waals surface area contributed by atoms with Gasteiger partial charge >= 0.3 is 19.8 Å². The number of carbonyl (C=O) groups excluding carboxylic acids is 2. The smallest absolute Gasteiger partial charge is 0.462 e. The Balaban J connectivity index is 4.46. The molecule has 0 amide bonds. The summed E-state index contributed by atoms with van der Waals surface area (Å²) in [7, 11) is 1.41. The van der Waals surface area contributed by atoms with E-state index in [4.69, 9.17) is 18.5 Å². The lowest BCUT2D eigenvalue weighted by molar-refractivity contribution is -0.870. The van der Waals surface area contributed by atoms with Crippen molar-refractivity contribution in [1.82, 2.24) is 0 Å². The molecule has 0 aliphatic carbocycles. The number of nitrogens with zero attached hydrogens (tertiary/aromatic N) is 1. The van der Waals surface area contributed by atoms with Crippen molar-refractivity contribution in [2.24, 2.45) is 0 Å². The van der Waals surface area contributed by atoms with Crippen molar-refractivity contribution >= 4 is 19.8 Å². The topological polar surface area (TPSA) is 108 Å². The van der Waals surface area contributed by atoms with Crippen LogP contribution in [0.1, 0.15) is 142 Å². The Morgan fingerprint density at radius 2 is 0.871 bits per heavy atom. The second-order valence-electron chi connectivity index (χ2n) is 16.0. The lowest BCUT2D eigenvalue weighted by atomic mass is 10.1. The molecule has 62 heavy (non-hydrogen) atoms. The molecule has 1 N–H and O–H groups in total. The molecule has 2 atom stereocenters. The Hall–Kier alpha value is -3.59. The summed E-state index contributed by atoms with van der Waals surface area (Å²) in [4.78, 5) is 35.4. The van der Waals surface area contributed by atoms with Crippen LogP contribution in [0, 0.1) is 0 Å². The Morgan fingerprint density at radius 3 is 1.31 bits per heavy atom. The van der Waals surface area contributed by atoms with Crippen molar-refractivity contribution in [3.05, 3.63) is 122 Å². The SMILES string of the molecule is CC/C=C\C/C=C\C/C=C\C/C=C\C/C=C\C/C=C\CCCCCCC(=O)OC(COC(=O)CCCC/C=C\C/C=C\C/C=C\C/C=C\CC)COP(=O)(O)OCC[N+](C)(C)C. The van der Waals surface area contributed by atoms with E-state index in [0.29, 0.717) is 23.9 Å². The molecule has 0 aliphatic rings. The number of likely N-dealkylation sites (N-methyl/N-ethyl adjacent to an activating group) is 1. The summed E-state index contributed by atoms with van der Waals surface area (Å²) in [6.07, 6.45) is 59.7. The zero-order chi connectivity index (χ0) is 45.7. The molecule has 0 spiro atoms. The summed E-state index contributed by atoms with van der Waals surface area (Å²) in [5.74, 6) is -0.891. The molecular weight excluding hydrogens is 798 g/mol. The second-order valence-corrected chi connectivity index (χ2v) is 17.5. The highest BCUT2D eigenvalue weighted by Crippen LogP contribution is 2.43. The molecule has 0 aromatic rings. The van der Waals surface area contributed by atoms with Crippen LogP contribution in [0.3, 0.4) is 0 Å². The van der Waals surface area contributed by atoms with Crippen LogP contribution < -0.4 is 0 Å². The number of hydrogen-bond donors (Lipinski definition) is 1. The van der Waals surface area contributed by atoms with Crippen LogP contribution in [0.15, 0.2) is 122 Å². The average Bonchev–Trinajstić information content (AvgIpc) is 3.23. The summed E-state index contributed by atoms with van der Waals surface area (Å²) < 4.78 is 34.3. The molecule has 2 unspecified atom stereocenters. The van der Waals surface area contributed by atoms with Crippen LogP contribution in [0.5, 0.6) is 0 Å². The van der Waals surface area contributed by atoms with Gasteiger partial charge in [0.15, 0.2) is 6.10 Å². The van der Waals surface area contributed by atoms with Gasteiger partial charge in [-0.2, -0.15) is 0 Å². The first-order chi connectivity index (χ1) is 30.0. The van der Waals surface area contributed by atoms with E-state index in [1.54, 1.807) is 0 Å². The molecule has 0 saturated heterocycles. The molecule has 350 valence electrons. The van der Waals surface area contributed by atoms with Gasteiger partial charge in [0, 0.05) is 12.8 Å². The fourth-order valence-corrected chi connectivity index (χ4v) is 6.16. The largest absolute Gasteiger partial charge is 0.472 e. The Morgan fingerprint density at radius 1 is 0.500 bits per heavy atom. The van der Waals surface area contributed by atoms with E-state index >= 15 is 0 Å². The number of esters is 2. The van der Waals surface area contributed by atoms with E-state index in [0.717, 1.165) is 103 Å². The van der Waals surface area contributed by atoms with Crippen molar-refractivity contribution < 1.29 is 42.1 Å². The van der Waals surface area contributed by atoms with E-state index < -0.39 is 32.5 Å². The van der Waals surface area contributed by atoms with Crippen molar-refractivity contribution in [1.29, 1.82) is 0 Å². The van der Waals surface area contributed by atoms with Crippen LogP contribution in [0.4, 0.5) is 0 Å². The first-order valence-electron chi connectivity index (χ1n) is 23.3. The van der Waals surface area contributed by atoms with E-state index in [9.17, 15) is 19.0 Å². The van der Waals surface area contributed by atoms with Gasteiger partial charge < -0.3 is 18.9 Å². The third-order valence-electron chi connectivity index (χ3n) is 8.99. The highest BCUT2D eigenvalue weighted by atomic mass is 31.2. The minimum absolute atomic E-state index is 0.0116. The summed E-state index contributed by atoms with van der Waals surface area (Å²) in [5.41, 5.74) is 0. The molecule has 0 fully saturated rings. The standard InChI is InChI=1S/C52H84NO8P/c1-6-8-10-12-14-16-18-20-22-23-24-25-26-27-28-29-31-33-35-37-39-41-43-45-52(55)61-50(49-60-62(56,57)59-47-46-53(3,4)5)48-58-51(54)44-42-40-38-36-34-32-30-21-19-17-15-13-11-9-7-2/h8-11,14-17,20-22,24-25,27-28,30-31,33-34,36,50H,6-7,12-13,18-19,23,26,29,32,35,37-49H2,1-5H3/p+1/b10-8-,11-9-,16-14-,17-15-,22-20-,25-24-,28-27-,30-21-,33-31-,36-34-. The monoisotopic (exact) mass is 883 g/mol. The third kappa shape index (κ3) is 45.9. The Labute approximate surface area is 378 Å². The number of unbranched alkanes of at least 4 members (excludes halogenated alkanes) is 6. The minimum Gasteiger partial charge on any atom is -0.462 e. The number of phosphoric ester groups is 1. The maximum Gasteiger partial charge on any atom is 0.472 e. The van der Waals surface area contributed by atoms with Crippen LogP contribution >= 0.6 is 7.82 Å². The highest BCUT2D eigenvalue weighted by molar-refractivity contribution is 7.47. The van der Waals surface area contributed by atoms with Crippen molar-refractivity contribution in [3.63, 3.8) is 0 Å². The summed E-state index contributed by atoms with van der Waals surface area (Å²) in [6, 6.07) is 0. The van der Waals surface area contributed by atoms with Gasteiger partial charge in [-0.3, -0.25) is 18.6 Å². The van der Waals surface area contributed by atoms with Gasteiger partial charge in [-0.25, -0.2) is 4.57 Å². The number of rotatable bonds is 40. The normalized spacial score (nSPS) is 14.6. The Bertz CT molecular complexity index is 1460. The molecular formula is C52H85NO8P+. The van der Waals surface area contributed by atoms with Gasteiger partial charge in [-0.15, -0.1) is 0 Å². The summed E-state index contributed by atoms with van der Waals surface area (Å²) in [5, 5.41) is 0. The van der Waals surface area contributed by atoms with Crippen LogP contribution in [-0.2, 0) is 32.7 Å². The summed E-state index contributed by atoms with van der Waals surface area (Å²) >= 11 is 0. The molecule has 0 heterocycles. The molecule has 0 radical (unpaired) electrons. The molecule has 0 rings (SSSR count). The molecule has 0 aromatic carbocycles. The maximum atomic E-state index is 12.7. The zero-order valence-corrected chi connectivity index (χ0v) is 40.2. The number of carbonyl (C=O) groups is 2. The maximum absolute atomic E-state index is 12.7. The van der Waals surface area contributed by atoms with Crippen LogP contribution in [0.25, 0.3) is 0 Å². The number of ether oxygens (including phenoxy) is 2. The minimum atomic E-state index is -4.40. The van der Waals surface area contributed by atoms with E-state index in [1.165, 1.54) is 0 Å². The lowest BCUT2D eigenvalue weighted by Gasteiger charge is -2.24. The Kier molecular flexibility index (Phi) is 40.2. The number of allylic oxidation sites excluding steroid dienone is 20. The van der Waals surface area contributed by atoms with Gasteiger partial charge in [0.25, 0.3) is 0 Å². The van der Waals surface area contributed by atoms with Crippen molar-refractivity contribution in [2.75, 3.05) is 47.5 Å². The van der Waals surface area contributed by atoms with Gasteiger partial charge in [0.2, 0.25) is 0 Å². The summed E-state index contributed by atoms with van der Waals surface area (Å²) in [6.45, 7) is 4.08. The third-order valence-corrected chi connectivity index (χ3v) is 9.97. The van der Waals surface area contributed by atoms with Gasteiger partial charge in [0.1, 0.15) is 19.8 Å². The van der Waals surface area contributed by atoms with Crippen LogP contribution in [-0.4, -0.2) is 74.9 Å². The van der Waals surface area contributed by atoms with E-state index in [-0.39, 0.29) is 26.1 Å². The van der Waals surface area contributed by atoms with Gasteiger partial charge in [0.05, 0.1) is 27.7 Å². The second kappa shape index (κ2) is 42.7. The molecule has 0 saturated carbocycles. The average molecular weight is 883 g/mol. The molecule has 10 heteroatoms. The van der Waals surface area contributed by atoms with Crippen molar-refractivity contribution in [2.45, 2.75) is 148 Å². The molecule has 0 aliphatic heterocycles. The molecule has 0 bridgehead atoms. The van der Waals surface area contributed by atoms with Crippen molar-refractivity contribution in [3.8, 4) is 0 Å². The first kappa shape index (κ1) is 58.4. The zero-order valence-electron chi connectivity index (χ0n) is 39.3. The van der Waals surface area contributed by atoms with E-state index in [1.807, 2.05) is 21.1 Å². The first-order valence-corrected chi connectivity index (χ1v) is 24.8. The predicted molar refractivity (Wildman–Crippen MR) is 261 cm³/mol. The lowest BCUT2D eigenvalue weighted by Crippen LogP contribution is -2.37. The highest BCUT2D eigenvalue weighted by Gasteiger charge is 2.27. The van der Waals surface area contributed by atoms with Gasteiger partial charge in [-0.05, 0) is 103 Å². The molecule has 0 aromatic heterocycles. The number of quaternary nitrogens is 1. The predicted octanol–water partition coefficient (Wildman–Crippen LogP) is 13.7. The molecule has 9 nitrogen and oxygen atoms in total. The van der Waals surface area contributed by atoms with Gasteiger partial charge in [-0.1, -0.05) is 148 Å². The fourth-order valence-electron chi connectivity index (χ4n) is 5.42. The fraction of sp³-hybridized carbons (Fsp3) is 0.577. The van der Waals surface area contributed by atoms with E-state index in [2.05, 4.69) is 135 Å².